The molecule has 1 unspecified atom stereocenters. The molecule has 4 aromatic rings. The molecule has 0 saturated heterocycles. The minimum absolute atomic E-state index is 0.0359. The van der Waals surface area contributed by atoms with Crippen LogP contribution in [-0.4, -0.2) is 25.9 Å². The average Bonchev–Trinajstić information content (AvgIpc) is 3.38. The van der Waals surface area contributed by atoms with Crippen molar-refractivity contribution in [1.29, 1.82) is 0 Å². The topological polar surface area (TPSA) is 59.8 Å². The highest BCUT2D eigenvalue weighted by atomic mass is 32.2. The van der Waals surface area contributed by atoms with Crippen LogP contribution in [0.15, 0.2) is 87.1 Å². The molecule has 0 spiro atoms. The van der Waals surface area contributed by atoms with Crippen LogP contribution in [0.4, 0.5) is 5.69 Å². The number of thioether (sulfide) groups is 1. The molecule has 1 N–H and O–H groups in total. The van der Waals surface area contributed by atoms with Crippen molar-refractivity contribution in [3.8, 4) is 0 Å². The number of aromatic nitrogens is 3. The lowest BCUT2D eigenvalue weighted by molar-refractivity contribution is -0.115. The molecule has 1 aliphatic carbocycles. The maximum atomic E-state index is 13.1. The second kappa shape index (κ2) is 10.2. The summed E-state index contributed by atoms with van der Waals surface area (Å²) in [6, 6.07) is 22.8. The Morgan fingerprint density at radius 1 is 1.09 bits per heavy atom. The highest BCUT2D eigenvalue weighted by Gasteiger charge is 2.31. The Balaban J connectivity index is 1.28. The lowest BCUT2D eigenvalue weighted by Crippen LogP contribution is -2.23. The number of carbonyl (C=O) groups excluding carboxylic acids is 1. The minimum Gasteiger partial charge on any atom is -0.324 e. The van der Waals surface area contributed by atoms with Crippen molar-refractivity contribution < 1.29 is 4.79 Å². The summed E-state index contributed by atoms with van der Waals surface area (Å²) in [5.74, 6) is 0.950. The first kappa shape index (κ1) is 22.3. The SMILES string of the molecule is CC(Sc1nnc(Cc2cccs2)n1C1CC1)C(=O)Nc1ccccc1Sc1ccccc1. The summed E-state index contributed by atoms with van der Waals surface area (Å²) in [5, 5.41) is 14.7. The Morgan fingerprint density at radius 3 is 2.64 bits per heavy atom. The van der Waals surface area contributed by atoms with Crippen LogP contribution in [0.1, 0.15) is 36.5 Å². The van der Waals surface area contributed by atoms with Crippen LogP contribution in [0.25, 0.3) is 0 Å². The fourth-order valence-corrected chi connectivity index (χ4v) is 6.06. The van der Waals surface area contributed by atoms with E-state index in [1.54, 1.807) is 23.1 Å². The van der Waals surface area contributed by atoms with E-state index in [2.05, 4.69) is 49.7 Å². The van der Waals surface area contributed by atoms with E-state index in [0.717, 1.165) is 45.7 Å². The maximum Gasteiger partial charge on any atom is 0.237 e. The molecule has 0 radical (unpaired) electrons. The van der Waals surface area contributed by atoms with Crippen molar-refractivity contribution >= 4 is 46.5 Å². The number of hydrogen-bond donors (Lipinski definition) is 1. The number of hydrogen-bond acceptors (Lipinski definition) is 6. The molecule has 1 fully saturated rings. The number of thiophene rings is 1. The summed E-state index contributed by atoms with van der Waals surface area (Å²) in [6.45, 7) is 1.93. The second-order valence-electron chi connectivity index (χ2n) is 7.92. The molecule has 2 aromatic carbocycles. The molecule has 0 aliphatic heterocycles. The predicted molar refractivity (Wildman–Crippen MR) is 136 cm³/mol. The number of rotatable bonds is 9. The van der Waals surface area contributed by atoms with Crippen LogP contribution in [-0.2, 0) is 11.2 Å². The Labute approximate surface area is 206 Å². The van der Waals surface area contributed by atoms with Crippen molar-refractivity contribution in [2.45, 2.75) is 52.4 Å². The van der Waals surface area contributed by atoms with Gasteiger partial charge in [0.1, 0.15) is 5.82 Å². The quantitative estimate of drug-likeness (QED) is 0.269. The molecule has 1 saturated carbocycles. The summed E-state index contributed by atoms with van der Waals surface area (Å²) in [5.41, 5.74) is 0.825. The van der Waals surface area contributed by atoms with E-state index in [0.29, 0.717) is 6.04 Å². The van der Waals surface area contributed by atoms with Gasteiger partial charge in [0.2, 0.25) is 5.91 Å². The van der Waals surface area contributed by atoms with E-state index in [-0.39, 0.29) is 11.2 Å². The van der Waals surface area contributed by atoms with E-state index in [9.17, 15) is 4.79 Å². The van der Waals surface area contributed by atoms with Gasteiger partial charge in [-0.05, 0) is 55.5 Å². The van der Waals surface area contributed by atoms with Crippen molar-refractivity contribution in [2.75, 3.05) is 5.32 Å². The van der Waals surface area contributed by atoms with E-state index in [1.165, 1.54) is 16.6 Å². The van der Waals surface area contributed by atoms with Crippen LogP contribution in [0.2, 0.25) is 0 Å². The molecule has 1 atom stereocenters. The normalized spacial score (nSPS) is 14.2. The first-order valence-electron chi connectivity index (χ1n) is 10.9. The molecule has 5 rings (SSSR count). The van der Waals surface area contributed by atoms with Crippen LogP contribution < -0.4 is 5.32 Å². The van der Waals surface area contributed by atoms with Gasteiger partial charge in [0.25, 0.3) is 0 Å². The Morgan fingerprint density at radius 2 is 1.88 bits per heavy atom. The van der Waals surface area contributed by atoms with Gasteiger partial charge in [0, 0.05) is 27.1 Å². The highest BCUT2D eigenvalue weighted by molar-refractivity contribution is 8.00. The van der Waals surface area contributed by atoms with Crippen LogP contribution in [0.5, 0.6) is 0 Å². The second-order valence-corrected chi connectivity index (χ2v) is 11.4. The van der Waals surface area contributed by atoms with E-state index in [4.69, 9.17) is 0 Å². The third-order valence-corrected chi connectivity index (χ3v) is 8.34. The Hall–Kier alpha value is -2.55. The third-order valence-electron chi connectivity index (χ3n) is 5.33. The van der Waals surface area contributed by atoms with E-state index in [1.807, 2.05) is 49.4 Å². The number of anilines is 1. The Bertz CT molecular complexity index is 1220. The zero-order valence-corrected chi connectivity index (χ0v) is 20.6. The maximum absolute atomic E-state index is 13.1. The molecule has 2 heterocycles. The zero-order chi connectivity index (χ0) is 22.6. The third kappa shape index (κ3) is 5.51. The van der Waals surface area contributed by atoms with Gasteiger partial charge in [-0.3, -0.25) is 4.79 Å². The molecule has 8 heteroatoms. The van der Waals surface area contributed by atoms with E-state index < -0.39 is 0 Å². The van der Waals surface area contributed by atoms with Gasteiger partial charge >= 0.3 is 0 Å². The van der Waals surface area contributed by atoms with Crippen LogP contribution in [0.3, 0.4) is 0 Å². The number of nitrogens with one attached hydrogen (secondary N) is 1. The number of nitrogens with zero attached hydrogens (tertiary/aromatic N) is 3. The molecule has 2 aromatic heterocycles. The van der Waals surface area contributed by atoms with Gasteiger partial charge in [-0.1, -0.05) is 59.9 Å². The van der Waals surface area contributed by atoms with Crippen molar-refractivity contribution in [3.05, 3.63) is 82.8 Å². The predicted octanol–water partition coefficient (Wildman–Crippen LogP) is 6.54. The highest BCUT2D eigenvalue weighted by Crippen LogP contribution is 2.40. The van der Waals surface area contributed by atoms with E-state index >= 15 is 0 Å². The van der Waals surface area contributed by atoms with Gasteiger partial charge in [-0.15, -0.1) is 21.5 Å². The fourth-order valence-electron chi connectivity index (χ4n) is 3.50. The summed E-state index contributed by atoms with van der Waals surface area (Å²) in [4.78, 5) is 16.5. The van der Waals surface area contributed by atoms with Crippen molar-refractivity contribution in [3.63, 3.8) is 0 Å². The summed E-state index contributed by atoms with van der Waals surface area (Å²) in [7, 11) is 0. The van der Waals surface area contributed by atoms with Gasteiger partial charge in [-0.2, -0.15) is 0 Å². The molecule has 1 amide bonds. The van der Waals surface area contributed by atoms with Crippen molar-refractivity contribution in [1.82, 2.24) is 14.8 Å². The number of benzene rings is 2. The van der Waals surface area contributed by atoms with Gasteiger partial charge in [0.15, 0.2) is 5.16 Å². The summed E-state index contributed by atoms with van der Waals surface area (Å²) >= 11 is 4.86. The monoisotopic (exact) mass is 492 g/mol. The van der Waals surface area contributed by atoms with Crippen LogP contribution >= 0.6 is 34.9 Å². The van der Waals surface area contributed by atoms with Crippen LogP contribution in [0, 0.1) is 0 Å². The lowest BCUT2D eigenvalue weighted by Gasteiger charge is -2.15. The molecule has 1 aliphatic rings. The standard InChI is InChI=1S/C25H24N4OS3/c1-17(24(30)26-21-11-5-6-12-22(21)33-19-8-3-2-4-9-19)32-25-28-27-23(29(25)18-13-14-18)16-20-10-7-15-31-20/h2-12,15,17-18H,13-14,16H2,1H3,(H,26,30). The first-order chi connectivity index (χ1) is 16.2. The van der Waals surface area contributed by atoms with Gasteiger partial charge in [0.05, 0.1) is 10.9 Å². The van der Waals surface area contributed by atoms with Gasteiger partial charge < -0.3 is 9.88 Å². The fraction of sp³-hybridized carbons (Fsp3) is 0.240. The molecule has 33 heavy (non-hydrogen) atoms. The lowest BCUT2D eigenvalue weighted by atomic mass is 10.3. The molecule has 5 nitrogen and oxygen atoms in total. The summed E-state index contributed by atoms with van der Waals surface area (Å²) < 4.78 is 2.24. The van der Waals surface area contributed by atoms with Crippen molar-refractivity contribution in [2.24, 2.45) is 0 Å². The number of para-hydroxylation sites is 1. The zero-order valence-electron chi connectivity index (χ0n) is 18.2. The number of carbonyl (C=O) groups is 1. The number of amides is 1. The summed E-state index contributed by atoms with van der Waals surface area (Å²) in [6.07, 6.45) is 3.08. The molecular formula is C25H24N4OS3. The van der Waals surface area contributed by atoms with Gasteiger partial charge in [-0.25, -0.2) is 0 Å². The molecule has 0 bridgehead atoms. The Kier molecular flexibility index (Phi) is 6.85. The first-order valence-corrected chi connectivity index (χ1v) is 13.5. The largest absolute Gasteiger partial charge is 0.324 e. The molecular weight excluding hydrogens is 469 g/mol. The molecule has 168 valence electrons. The average molecular weight is 493 g/mol. The smallest absolute Gasteiger partial charge is 0.237 e. The minimum atomic E-state index is -0.295.